The van der Waals surface area contributed by atoms with Gasteiger partial charge in [0.2, 0.25) is 5.41 Å². The molecule has 1 saturated carbocycles. The zero-order valence-corrected chi connectivity index (χ0v) is 9.44. The molecule has 1 aliphatic rings. The summed E-state index contributed by atoms with van der Waals surface area (Å²) in [5.41, 5.74) is -1.45. The minimum atomic E-state index is -1.45. The zero-order chi connectivity index (χ0) is 12.0. The Kier molecular flexibility index (Phi) is 4.29. The van der Waals surface area contributed by atoms with Gasteiger partial charge in [0.1, 0.15) is 18.2 Å². The van der Waals surface area contributed by atoms with Crippen LogP contribution in [0.25, 0.3) is 0 Å². The molecular formula is C12H15N3O. The highest BCUT2D eigenvalue weighted by molar-refractivity contribution is 5.28. The molecule has 1 fully saturated rings. The highest BCUT2D eigenvalue weighted by Crippen LogP contribution is 2.39. The Balaban J connectivity index is 2.64. The summed E-state index contributed by atoms with van der Waals surface area (Å²) in [4.78, 5) is 0. The number of nitrogens with zero attached hydrogens (tertiary/aromatic N) is 3. The second-order valence-electron chi connectivity index (χ2n) is 4.32. The van der Waals surface area contributed by atoms with E-state index in [0.717, 1.165) is 32.3 Å². The van der Waals surface area contributed by atoms with E-state index in [1.54, 1.807) is 7.11 Å². The molecule has 0 atom stereocenters. The van der Waals surface area contributed by atoms with Gasteiger partial charge in [0.25, 0.3) is 0 Å². The maximum absolute atomic E-state index is 8.98. The van der Waals surface area contributed by atoms with Gasteiger partial charge < -0.3 is 4.74 Å². The van der Waals surface area contributed by atoms with Crippen LogP contribution >= 0.6 is 0 Å². The van der Waals surface area contributed by atoms with Crippen molar-refractivity contribution < 1.29 is 4.74 Å². The number of rotatable bonds is 3. The average molecular weight is 217 g/mol. The van der Waals surface area contributed by atoms with E-state index in [1.165, 1.54) is 0 Å². The molecule has 0 radical (unpaired) electrons. The molecule has 1 rings (SSSR count). The van der Waals surface area contributed by atoms with Crippen molar-refractivity contribution in [2.75, 3.05) is 13.7 Å². The topological polar surface area (TPSA) is 80.6 Å². The Morgan fingerprint density at radius 3 is 1.94 bits per heavy atom. The number of ether oxygens (including phenoxy) is 1. The number of nitriles is 3. The molecule has 4 nitrogen and oxygen atoms in total. The summed E-state index contributed by atoms with van der Waals surface area (Å²) in [6, 6.07) is 5.63. The van der Waals surface area contributed by atoms with E-state index in [2.05, 4.69) is 0 Å². The van der Waals surface area contributed by atoms with E-state index in [-0.39, 0.29) is 5.92 Å². The first kappa shape index (κ1) is 12.5. The molecule has 0 N–H and O–H groups in total. The summed E-state index contributed by atoms with van der Waals surface area (Å²) in [5.74, 6) is 0.399. The normalized spacial score (nSPS) is 25.1. The Morgan fingerprint density at radius 1 is 1.06 bits per heavy atom. The van der Waals surface area contributed by atoms with Gasteiger partial charge in [0.15, 0.2) is 0 Å². The Hall–Kier alpha value is -1.57. The third-order valence-electron chi connectivity index (χ3n) is 3.39. The van der Waals surface area contributed by atoms with Crippen molar-refractivity contribution in [3.8, 4) is 18.2 Å². The molecule has 4 heteroatoms. The van der Waals surface area contributed by atoms with Crippen LogP contribution in [0.4, 0.5) is 0 Å². The fraction of sp³-hybridized carbons (Fsp3) is 0.750. The Morgan fingerprint density at radius 2 is 1.56 bits per heavy atom. The Bertz CT molecular complexity index is 314. The van der Waals surface area contributed by atoms with Crippen LogP contribution in [0.2, 0.25) is 0 Å². The van der Waals surface area contributed by atoms with Gasteiger partial charge in [-0.3, -0.25) is 0 Å². The van der Waals surface area contributed by atoms with Gasteiger partial charge in [-0.25, -0.2) is 0 Å². The molecule has 16 heavy (non-hydrogen) atoms. The molecular weight excluding hydrogens is 202 g/mol. The quantitative estimate of drug-likeness (QED) is 0.724. The van der Waals surface area contributed by atoms with Crippen molar-refractivity contribution in [2.45, 2.75) is 25.7 Å². The van der Waals surface area contributed by atoms with Crippen molar-refractivity contribution in [3.05, 3.63) is 0 Å². The third kappa shape index (κ3) is 2.32. The van der Waals surface area contributed by atoms with Gasteiger partial charge in [-0.2, -0.15) is 15.8 Å². The molecule has 84 valence electrons. The molecule has 0 amide bonds. The van der Waals surface area contributed by atoms with Gasteiger partial charge >= 0.3 is 0 Å². The summed E-state index contributed by atoms with van der Waals surface area (Å²) >= 11 is 0. The van der Waals surface area contributed by atoms with Crippen LogP contribution in [0.3, 0.4) is 0 Å². The lowest BCUT2D eigenvalue weighted by atomic mass is 9.69. The molecule has 0 aromatic heterocycles. The first-order valence-corrected chi connectivity index (χ1v) is 5.45. The lowest BCUT2D eigenvalue weighted by Crippen LogP contribution is -2.30. The molecule has 0 spiro atoms. The maximum Gasteiger partial charge on any atom is 0.231 e. The van der Waals surface area contributed by atoms with Gasteiger partial charge in [-0.15, -0.1) is 0 Å². The van der Waals surface area contributed by atoms with Crippen LogP contribution < -0.4 is 0 Å². The van der Waals surface area contributed by atoms with Gasteiger partial charge in [-0.05, 0) is 31.6 Å². The summed E-state index contributed by atoms with van der Waals surface area (Å²) in [6.45, 7) is 0.728. The van der Waals surface area contributed by atoms with Crippen molar-refractivity contribution in [1.82, 2.24) is 0 Å². The van der Waals surface area contributed by atoms with Crippen LogP contribution in [0, 0.1) is 51.2 Å². The fourth-order valence-corrected chi connectivity index (χ4v) is 2.35. The van der Waals surface area contributed by atoms with E-state index in [1.807, 2.05) is 18.2 Å². The van der Waals surface area contributed by atoms with Crippen molar-refractivity contribution in [3.63, 3.8) is 0 Å². The molecule has 0 aromatic carbocycles. The van der Waals surface area contributed by atoms with Gasteiger partial charge in [-0.1, -0.05) is 0 Å². The molecule has 1 aliphatic carbocycles. The predicted molar refractivity (Wildman–Crippen MR) is 56.6 cm³/mol. The van der Waals surface area contributed by atoms with E-state index >= 15 is 0 Å². The van der Waals surface area contributed by atoms with Crippen LogP contribution in [0.5, 0.6) is 0 Å². The smallest absolute Gasteiger partial charge is 0.231 e. The lowest BCUT2D eigenvalue weighted by molar-refractivity contribution is 0.110. The summed E-state index contributed by atoms with van der Waals surface area (Å²) in [5, 5.41) is 26.9. The van der Waals surface area contributed by atoms with Crippen LogP contribution in [0.1, 0.15) is 25.7 Å². The second-order valence-corrected chi connectivity index (χ2v) is 4.32. The first-order chi connectivity index (χ1) is 7.72. The van der Waals surface area contributed by atoms with Gasteiger partial charge in [0, 0.05) is 19.6 Å². The predicted octanol–water partition coefficient (Wildman–Crippen LogP) is 2.00. The first-order valence-electron chi connectivity index (χ1n) is 5.45. The second kappa shape index (κ2) is 5.50. The Labute approximate surface area is 96.0 Å². The highest BCUT2D eigenvalue weighted by Gasteiger charge is 2.41. The van der Waals surface area contributed by atoms with Crippen molar-refractivity contribution >= 4 is 0 Å². The third-order valence-corrected chi connectivity index (χ3v) is 3.39. The van der Waals surface area contributed by atoms with E-state index in [0.29, 0.717) is 5.92 Å². The van der Waals surface area contributed by atoms with Crippen molar-refractivity contribution in [2.24, 2.45) is 17.3 Å². The highest BCUT2D eigenvalue weighted by atomic mass is 16.5. The van der Waals surface area contributed by atoms with Crippen LogP contribution in [-0.4, -0.2) is 13.7 Å². The van der Waals surface area contributed by atoms with Gasteiger partial charge in [0.05, 0.1) is 0 Å². The largest absolute Gasteiger partial charge is 0.384 e. The maximum atomic E-state index is 8.98. The molecule has 0 bridgehead atoms. The minimum Gasteiger partial charge on any atom is -0.384 e. The molecule has 0 heterocycles. The minimum absolute atomic E-state index is 0.111. The molecule has 0 saturated heterocycles. The fourth-order valence-electron chi connectivity index (χ4n) is 2.35. The molecule has 0 unspecified atom stereocenters. The monoisotopic (exact) mass is 217 g/mol. The zero-order valence-electron chi connectivity index (χ0n) is 9.44. The summed E-state index contributed by atoms with van der Waals surface area (Å²) < 4.78 is 5.09. The number of methoxy groups -OCH3 is 1. The number of hydrogen-bond donors (Lipinski definition) is 0. The average Bonchev–Trinajstić information content (AvgIpc) is 2.34. The lowest BCUT2D eigenvalue weighted by Gasteiger charge is -2.31. The SMILES string of the molecule is COCC1CCC(C(C#N)(C#N)C#N)CC1. The molecule has 0 aliphatic heterocycles. The van der Waals surface area contributed by atoms with Crippen LogP contribution in [-0.2, 0) is 4.74 Å². The van der Waals surface area contributed by atoms with Crippen LogP contribution in [0.15, 0.2) is 0 Å². The van der Waals surface area contributed by atoms with E-state index in [4.69, 9.17) is 20.5 Å². The number of hydrogen-bond acceptors (Lipinski definition) is 4. The van der Waals surface area contributed by atoms with E-state index in [9.17, 15) is 0 Å². The summed E-state index contributed by atoms with van der Waals surface area (Å²) in [6.07, 6.45) is 3.40. The van der Waals surface area contributed by atoms with E-state index < -0.39 is 5.41 Å². The molecule has 0 aromatic rings. The summed E-state index contributed by atoms with van der Waals surface area (Å²) in [7, 11) is 1.68. The van der Waals surface area contributed by atoms with Crippen molar-refractivity contribution in [1.29, 1.82) is 15.8 Å². The standard InChI is InChI=1S/C12H15N3O/c1-16-6-10-2-4-11(5-3-10)12(7-13,8-14)9-15/h10-11H,2-6H2,1H3.